The lowest BCUT2D eigenvalue weighted by Gasteiger charge is -2.30. The van der Waals surface area contributed by atoms with Gasteiger partial charge in [-0.1, -0.05) is 36.2 Å². The normalized spacial score (nSPS) is 18.3. The van der Waals surface area contributed by atoms with E-state index in [1.807, 2.05) is 67.1 Å². The molecule has 0 amide bonds. The van der Waals surface area contributed by atoms with Gasteiger partial charge < -0.3 is 29.4 Å². The Morgan fingerprint density at radius 2 is 1.91 bits per heavy atom. The van der Waals surface area contributed by atoms with E-state index in [-0.39, 0.29) is 17.8 Å². The molecule has 1 aliphatic rings. The van der Waals surface area contributed by atoms with Crippen LogP contribution in [0, 0.1) is 0 Å². The first-order chi connectivity index (χ1) is 22.8. The number of anilines is 2. The van der Waals surface area contributed by atoms with Gasteiger partial charge in [0.1, 0.15) is 30.6 Å². The fourth-order valence-electron chi connectivity index (χ4n) is 5.23. The first-order valence-electron chi connectivity index (χ1n) is 15.4. The minimum absolute atomic E-state index is 0.0392. The number of aromatic nitrogens is 6. The summed E-state index contributed by atoms with van der Waals surface area (Å²) in [6.07, 6.45) is 8.96. The Balaban J connectivity index is 0.967. The number of imidazole rings is 1. The Hall–Kier alpha value is -4.36. The maximum atomic E-state index is 12.6. The number of ether oxygens (including phenoxy) is 3. The number of halogens is 2. The molecule has 0 saturated carbocycles. The Labute approximate surface area is 282 Å². The molecule has 0 aliphatic carbocycles. The molecule has 246 valence electrons. The van der Waals surface area contributed by atoms with E-state index in [4.69, 9.17) is 37.4 Å². The van der Waals surface area contributed by atoms with Crippen molar-refractivity contribution in [3.05, 3.63) is 112 Å². The third kappa shape index (κ3) is 7.62. The summed E-state index contributed by atoms with van der Waals surface area (Å²) in [6, 6.07) is 16.8. The summed E-state index contributed by atoms with van der Waals surface area (Å²) in [4.78, 5) is 21.2. The summed E-state index contributed by atoms with van der Waals surface area (Å²) >= 11 is 12.7. The first-order valence-corrected chi connectivity index (χ1v) is 16.2. The zero-order valence-corrected chi connectivity index (χ0v) is 27.6. The summed E-state index contributed by atoms with van der Waals surface area (Å²) in [5, 5.41) is 11.9. The third-order valence-corrected chi connectivity index (χ3v) is 8.48. The van der Waals surface area contributed by atoms with E-state index >= 15 is 0 Å². The lowest BCUT2D eigenvalue weighted by atomic mass is 10.1. The highest BCUT2D eigenvalue weighted by Gasteiger charge is 2.45. The maximum absolute atomic E-state index is 12.6. The number of rotatable bonds is 14. The van der Waals surface area contributed by atoms with Gasteiger partial charge in [-0.25, -0.2) is 24.0 Å². The predicted octanol–water partition coefficient (Wildman–Crippen LogP) is 5.77. The topological polar surface area (TPSA) is 122 Å². The number of benzene rings is 2. The molecule has 4 heterocycles. The molecular formula is C33H36Cl2N8O4. The van der Waals surface area contributed by atoms with Gasteiger partial charge in [-0.2, -0.15) is 5.10 Å². The van der Waals surface area contributed by atoms with Crippen molar-refractivity contribution in [2.75, 3.05) is 36.9 Å². The van der Waals surface area contributed by atoms with Crippen LogP contribution in [0.5, 0.6) is 5.75 Å². The van der Waals surface area contributed by atoms with Crippen LogP contribution < -0.4 is 21.1 Å². The molecule has 3 atom stereocenters. The van der Waals surface area contributed by atoms with Gasteiger partial charge in [-0.15, -0.1) is 0 Å². The monoisotopic (exact) mass is 678 g/mol. The number of hydrogen-bond acceptors (Lipinski definition) is 9. The van der Waals surface area contributed by atoms with Gasteiger partial charge in [0, 0.05) is 41.8 Å². The van der Waals surface area contributed by atoms with Crippen LogP contribution in [0.2, 0.25) is 10.0 Å². The highest BCUT2D eigenvalue weighted by atomic mass is 35.5. The minimum atomic E-state index is -1.10. The molecule has 2 aromatic carbocycles. The smallest absolute Gasteiger partial charge is 0.350 e. The molecule has 14 heteroatoms. The molecule has 47 heavy (non-hydrogen) atoms. The molecule has 0 spiro atoms. The van der Waals surface area contributed by atoms with E-state index in [0.717, 1.165) is 12.1 Å². The largest absolute Gasteiger partial charge is 0.491 e. The van der Waals surface area contributed by atoms with E-state index in [1.54, 1.807) is 30.9 Å². The SMILES string of the molecule is CC[C@H](C)n1ncn(-c2ccc(NCCNc3ccc(OC[C@@H]4CO[C@@](Cn5ccnc5)(c5ccc(Cl)cc5Cl)O4)cc3)nc2)c1=O. The van der Waals surface area contributed by atoms with Crippen LogP contribution >= 0.6 is 23.2 Å². The van der Waals surface area contributed by atoms with Gasteiger partial charge in [0.05, 0.1) is 42.4 Å². The van der Waals surface area contributed by atoms with E-state index < -0.39 is 5.79 Å². The third-order valence-electron chi connectivity index (χ3n) is 7.93. The van der Waals surface area contributed by atoms with Crippen LogP contribution in [0.1, 0.15) is 31.9 Å². The number of hydrogen-bond donors (Lipinski definition) is 2. The standard InChI is InChI=1S/C33H36Cl2N8O4/c1-3-23(2)43-32(44)42(22-40-43)26-7-11-31(39-17-26)38-13-12-37-25-5-8-27(9-6-25)45-18-28-19-46-33(47-28,20-41-15-14-36-21-41)29-10-4-24(34)16-30(29)35/h4-11,14-17,21-23,28,37H,3,12-13,18-20H2,1-2H3,(H,38,39)/t23-,28+,33+/m0/s1. The zero-order chi connectivity index (χ0) is 32.8. The average Bonchev–Trinajstić information content (AvgIpc) is 3.84. The number of nitrogens with zero attached hydrogens (tertiary/aromatic N) is 6. The Bertz CT molecular complexity index is 1810. The van der Waals surface area contributed by atoms with Gasteiger partial charge in [0.25, 0.3) is 0 Å². The molecule has 0 unspecified atom stereocenters. The van der Waals surface area contributed by atoms with Crippen LogP contribution in [-0.2, 0) is 21.8 Å². The van der Waals surface area contributed by atoms with Crippen molar-refractivity contribution in [3.8, 4) is 11.4 Å². The van der Waals surface area contributed by atoms with Crippen molar-refractivity contribution < 1.29 is 14.2 Å². The zero-order valence-electron chi connectivity index (χ0n) is 26.1. The van der Waals surface area contributed by atoms with E-state index in [9.17, 15) is 4.79 Å². The lowest BCUT2D eigenvalue weighted by molar-refractivity contribution is -0.189. The lowest BCUT2D eigenvalue weighted by Crippen LogP contribution is -2.34. The summed E-state index contributed by atoms with van der Waals surface area (Å²) in [7, 11) is 0. The van der Waals surface area contributed by atoms with E-state index in [0.29, 0.717) is 65.7 Å². The van der Waals surface area contributed by atoms with Gasteiger partial charge in [0.15, 0.2) is 0 Å². The number of pyridine rings is 1. The molecule has 6 rings (SSSR count). The van der Waals surface area contributed by atoms with Crippen LogP contribution in [0.4, 0.5) is 11.5 Å². The molecule has 12 nitrogen and oxygen atoms in total. The van der Waals surface area contributed by atoms with Crippen molar-refractivity contribution in [3.63, 3.8) is 0 Å². The molecule has 3 aromatic heterocycles. The fraction of sp³-hybridized carbons (Fsp3) is 0.333. The molecular weight excluding hydrogens is 643 g/mol. The van der Waals surface area contributed by atoms with Crippen LogP contribution in [-0.4, -0.2) is 61.3 Å². The Kier molecular flexibility index (Phi) is 10.1. The van der Waals surface area contributed by atoms with Crippen LogP contribution in [0.25, 0.3) is 5.69 Å². The first kappa shape index (κ1) is 32.6. The molecule has 0 bridgehead atoms. The van der Waals surface area contributed by atoms with Crippen molar-refractivity contribution in [2.45, 2.75) is 44.7 Å². The quantitative estimate of drug-likeness (QED) is 0.141. The summed E-state index contributed by atoms with van der Waals surface area (Å²) in [5.74, 6) is 0.325. The summed E-state index contributed by atoms with van der Waals surface area (Å²) in [6.45, 7) is 6.31. The summed E-state index contributed by atoms with van der Waals surface area (Å²) < 4.78 is 23.6. The van der Waals surface area contributed by atoms with E-state index in [2.05, 4.69) is 25.7 Å². The van der Waals surface area contributed by atoms with Crippen molar-refractivity contribution in [2.24, 2.45) is 0 Å². The molecule has 1 saturated heterocycles. The van der Waals surface area contributed by atoms with Crippen molar-refractivity contribution >= 4 is 34.7 Å². The van der Waals surface area contributed by atoms with Gasteiger partial charge >= 0.3 is 5.69 Å². The van der Waals surface area contributed by atoms with E-state index in [1.165, 1.54) is 15.6 Å². The molecule has 1 fully saturated rings. The summed E-state index contributed by atoms with van der Waals surface area (Å²) in [5.41, 5.74) is 2.14. The highest BCUT2D eigenvalue weighted by molar-refractivity contribution is 6.35. The molecule has 2 N–H and O–H groups in total. The minimum Gasteiger partial charge on any atom is -0.491 e. The fourth-order valence-corrected chi connectivity index (χ4v) is 5.79. The average molecular weight is 680 g/mol. The van der Waals surface area contributed by atoms with Crippen molar-refractivity contribution in [1.82, 2.24) is 28.9 Å². The second-order valence-electron chi connectivity index (χ2n) is 11.2. The van der Waals surface area contributed by atoms with Crippen LogP contribution in [0.3, 0.4) is 0 Å². The van der Waals surface area contributed by atoms with Gasteiger partial charge in [0.2, 0.25) is 5.79 Å². The molecule has 0 radical (unpaired) electrons. The van der Waals surface area contributed by atoms with Crippen LogP contribution in [0.15, 0.2) is 90.6 Å². The Morgan fingerprint density at radius 1 is 1.09 bits per heavy atom. The van der Waals surface area contributed by atoms with Gasteiger partial charge in [-0.05, 0) is 61.9 Å². The van der Waals surface area contributed by atoms with Gasteiger partial charge in [-0.3, -0.25) is 0 Å². The highest BCUT2D eigenvalue weighted by Crippen LogP contribution is 2.40. The van der Waals surface area contributed by atoms with Crippen molar-refractivity contribution in [1.29, 1.82) is 0 Å². The molecule has 1 aliphatic heterocycles. The second kappa shape index (κ2) is 14.6. The number of nitrogens with one attached hydrogen (secondary N) is 2. The second-order valence-corrected chi connectivity index (χ2v) is 12.1. The molecule has 5 aromatic rings. The Morgan fingerprint density at radius 3 is 2.64 bits per heavy atom. The maximum Gasteiger partial charge on any atom is 0.350 e. The predicted molar refractivity (Wildman–Crippen MR) is 181 cm³/mol.